The monoisotopic (exact) mass is 341 g/mol. The van der Waals surface area contributed by atoms with Crippen LogP contribution in [-0.4, -0.2) is 46.3 Å². The van der Waals surface area contributed by atoms with Gasteiger partial charge in [-0.3, -0.25) is 9.59 Å². The molecule has 1 saturated heterocycles. The van der Waals surface area contributed by atoms with Gasteiger partial charge in [0.25, 0.3) is 0 Å². The lowest BCUT2D eigenvalue weighted by Crippen LogP contribution is -2.37. The fourth-order valence-electron chi connectivity index (χ4n) is 2.26. The number of thioether (sulfide) groups is 1. The first-order chi connectivity index (χ1) is 10.6. The lowest BCUT2D eigenvalue weighted by molar-refractivity contribution is -0.137. The third-order valence-electron chi connectivity index (χ3n) is 3.44. The summed E-state index contributed by atoms with van der Waals surface area (Å²) >= 11 is 7.49. The zero-order chi connectivity index (χ0) is 15.9. The molecule has 0 spiro atoms. The van der Waals surface area contributed by atoms with Crippen molar-refractivity contribution in [3.8, 4) is 0 Å². The molecule has 0 aliphatic carbocycles. The Balaban J connectivity index is 1.90. The summed E-state index contributed by atoms with van der Waals surface area (Å²) in [7, 11) is 0. The van der Waals surface area contributed by atoms with E-state index in [1.807, 2.05) is 30.3 Å². The molecule has 22 heavy (non-hydrogen) atoms. The molecule has 6 heteroatoms. The summed E-state index contributed by atoms with van der Waals surface area (Å²) in [4.78, 5) is 25.4. The number of amides is 1. The summed E-state index contributed by atoms with van der Waals surface area (Å²) in [6.07, 6.45) is 0.752. The summed E-state index contributed by atoms with van der Waals surface area (Å²) in [5, 5.41) is -0.646. The molecule has 2 atom stereocenters. The molecule has 1 aliphatic heterocycles. The number of cyclic esters (lactones) is 1. The standard InChI is InChI=1S/C16H20ClNO3S/c1-12(17)15(19)18(11-13-5-3-2-4-6-13)8-10-22-14-7-9-21-16(14)20/h2-6,12,14H,7-11H2,1H3/t12-,14?/m1/s1. The number of hydrogen-bond donors (Lipinski definition) is 0. The number of hydrogen-bond acceptors (Lipinski definition) is 4. The van der Waals surface area contributed by atoms with Gasteiger partial charge in [-0.1, -0.05) is 30.3 Å². The number of esters is 1. The summed E-state index contributed by atoms with van der Waals surface area (Å²) in [6.45, 7) is 3.29. The SMILES string of the molecule is C[C@@H](Cl)C(=O)N(CCSC1CCOC1=O)Cc1ccccc1. The van der Waals surface area contributed by atoms with Crippen LogP contribution in [0.4, 0.5) is 0 Å². The van der Waals surface area contributed by atoms with Crippen LogP contribution in [0.2, 0.25) is 0 Å². The lowest BCUT2D eigenvalue weighted by Gasteiger charge is -2.24. The van der Waals surface area contributed by atoms with Crippen molar-refractivity contribution < 1.29 is 14.3 Å². The Kier molecular flexibility index (Phi) is 6.58. The first-order valence-corrected chi connectivity index (χ1v) is 8.81. The van der Waals surface area contributed by atoms with Gasteiger partial charge in [0.1, 0.15) is 10.6 Å². The molecule has 1 aliphatic rings. The van der Waals surface area contributed by atoms with Crippen LogP contribution in [0, 0.1) is 0 Å². The minimum Gasteiger partial charge on any atom is -0.465 e. The smallest absolute Gasteiger partial charge is 0.319 e. The summed E-state index contributed by atoms with van der Waals surface area (Å²) in [5.41, 5.74) is 1.07. The van der Waals surface area contributed by atoms with Gasteiger partial charge in [-0.25, -0.2) is 0 Å². The average molecular weight is 342 g/mol. The molecule has 2 rings (SSSR count). The van der Waals surface area contributed by atoms with Gasteiger partial charge in [0.15, 0.2) is 0 Å². The number of ether oxygens (including phenoxy) is 1. The molecule has 1 unspecified atom stereocenters. The zero-order valence-electron chi connectivity index (χ0n) is 12.5. The van der Waals surface area contributed by atoms with E-state index in [-0.39, 0.29) is 17.1 Å². The third kappa shape index (κ3) is 4.92. The van der Waals surface area contributed by atoms with E-state index in [2.05, 4.69) is 0 Å². The molecule has 1 aromatic carbocycles. The molecule has 0 aromatic heterocycles. The van der Waals surface area contributed by atoms with Crippen LogP contribution in [0.1, 0.15) is 18.9 Å². The topological polar surface area (TPSA) is 46.6 Å². The molecule has 1 heterocycles. The first kappa shape index (κ1) is 17.2. The van der Waals surface area contributed by atoms with Gasteiger partial charge in [-0.2, -0.15) is 0 Å². The molecular formula is C16H20ClNO3S. The maximum atomic E-state index is 12.2. The highest BCUT2D eigenvalue weighted by molar-refractivity contribution is 8.00. The molecule has 1 aromatic rings. The lowest BCUT2D eigenvalue weighted by atomic mass is 10.2. The zero-order valence-corrected chi connectivity index (χ0v) is 14.1. The van der Waals surface area contributed by atoms with Crippen LogP contribution < -0.4 is 0 Å². The second-order valence-corrected chi connectivity index (χ2v) is 7.14. The van der Waals surface area contributed by atoms with E-state index < -0.39 is 5.38 Å². The normalized spacial score (nSPS) is 18.8. The Bertz CT molecular complexity index is 509. The van der Waals surface area contributed by atoms with Crippen molar-refractivity contribution in [3.63, 3.8) is 0 Å². The Morgan fingerprint density at radius 3 is 2.77 bits per heavy atom. The van der Waals surface area contributed by atoms with Crippen molar-refractivity contribution in [1.29, 1.82) is 0 Å². The van der Waals surface area contributed by atoms with Crippen LogP contribution in [0.5, 0.6) is 0 Å². The quantitative estimate of drug-likeness (QED) is 0.565. The van der Waals surface area contributed by atoms with Gasteiger partial charge in [0.2, 0.25) is 5.91 Å². The predicted octanol–water partition coefficient (Wildman–Crippen LogP) is 2.69. The van der Waals surface area contributed by atoms with Crippen LogP contribution in [0.15, 0.2) is 30.3 Å². The van der Waals surface area contributed by atoms with Crippen molar-refractivity contribution in [3.05, 3.63) is 35.9 Å². The number of rotatable bonds is 7. The summed E-state index contributed by atoms with van der Waals surface area (Å²) < 4.78 is 4.94. The first-order valence-electron chi connectivity index (χ1n) is 7.33. The van der Waals surface area contributed by atoms with Gasteiger partial charge in [0.05, 0.1) is 6.61 Å². The molecule has 0 saturated carbocycles. The van der Waals surface area contributed by atoms with E-state index in [1.165, 1.54) is 0 Å². The van der Waals surface area contributed by atoms with E-state index in [1.54, 1.807) is 23.6 Å². The van der Waals surface area contributed by atoms with Gasteiger partial charge >= 0.3 is 5.97 Å². The van der Waals surface area contributed by atoms with Crippen LogP contribution in [0.25, 0.3) is 0 Å². The van der Waals surface area contributed by atoms with Gasteiger partial charge in [-0.15, -0.1) is 23.4 Å². The van der Waals surface area contributed by atoms with E-state index in [9.17, 15) is 9.59 Å². The number of nitrogens with zero attached hydrogens (tertiary/aromatic N) is 1. The minimum absolute atomic E-state index is 0.0832. The summed E-state index contributed by atoms with van der Waals surface area (Å²) in [6, 6.07) is 9.82. The van der Waals surface area contributed by atoms with E-state index in [4.69, 9.17) is 16.3 Å². The number of carbonyl (C=O) groups is 2. The largest absolute Gasteiger partial charge is 0.465 e. The van der Waals surface area contributed by atoms with Crippen molar-refractivity contribution in [2.75, 3.05) is 18.9 Å². The highest BCUT2D eigenvalue weighted by atomic mass is 35.5. The number of carbonyl (C=O) groups excluding carboxylic acids is 2. The van der Waals surface area contributed by atoms with Crippen molar-refractivity contribution in [1.82, 2.24) is 4.90 Å². The van der Waals surface area contributed by atoms with Gasteiger partial charge in [0, 0.05) is 25.3 Å². The van der Waals surface area contributed by atoms with E-state index in [0.29, 0.717) is 25.4 Å². The predicted molar refractivity (Wildman–Crippen MR) is 89.0 cm³/mol. The second-order valence-electron chi connectivity index (χ2n) is 5.18. The fraction of sp³-hybridized carbons (Fsp3) is 0.500. The van der Waals surface area contributed by atoms with Crippen LogP contribution in [-0.2, 0) is 20.9 Å². The molecule has 0 bridgehead atoms. The third-order valence-corrected chi connectivity index (χ3v) is 4.87. The molecule has 1 amide bonds. The Morgan fingerprint density at radius 1 is 1.45 bits per heavy atom. The molecule has 0 radical (unpaired) electrons. The molecular weight excluding hydrogens is 322 g/mol. The van der Waals surface area contributed by atoms with Crippen molar-refractivity contribution in [2.45, 2.75) is 30.5 Å². The molecule has 0 N–H and O–H groups in total. The number of alkyl halides is 1. The van der Waals surface area contributed by atoms with Gasteiger partial charge < -0.3 is 9.64 Å². The average Bonchev–Trinajstić information content (AvgIpc) is 2.92. The Morgan fingerprint density at radius 2 is 2.18 bits per heavy atom. The van der Waals surface area contributed by atoms with Crippen LogP contribution >= 0.6 is 23.4 Å². The highest BCUT2D eigenvalue weighted by Crippen LogP contribution is 2.22. The number of benzene rings is 1. The minimum atomic E-state index is -0.551. The van der Waals surface area contributed by atoms with E-state index in [0.717, 1.165) is 12.0 Å². The molecule has 4 nitrogen and oxygen atoms in total. The van der Waals surface area contributed by atoms with Gasteiger partial charge in [-0.05, 0) is 12.5 Å². The van der Waals surface area contributed by atoms with Crippen molar-refractivity contribution in [2.24, 2.45) is 0 Å². The number of halogens is 1. The maximum Gasteiger partial charge on any atom is 0.319 e. The fourth-order valence-corrected chi connectivity index (χ4v) is 3.47. The summed E-state index contributed by atoms with van der Waals surface area (Å²) in [5.74, 6) is 0.471. The Hall–Kier alpha value is -1.20. The molecule has 120 valence electrons. The second kappa shape index (κ2) is 8.44. The Labute approximate surface area is 140 Å². The van der Waals surface area contributed by atoms with Crippen molar-refractivity contribution >= 4 is 35.2 Å². The van der Waals surface area contributed by atoms with Crippen LogP contribution in [0.3, 0.4) is 0 Å². The maximum absolute atomic E-state index is 12.2. The highest BCUT2D eigenvalue weighted by Gasteiger charge is 2.27. The molecule has 1 fully saturated rings. The van der Waals surface area contributed by atoms with E-state index >= 15 is 0 Å².